The van der Waals surface area contributed by atoms with Gasteiger partial charge in [-0.1, -0.05) is 19.1 Å². The van der Waals surface area contributed by atoms with Crippen molar-refractivity contribution in [2.24, 2.45) is 0 Å². The number of carbonyl (C=O) groups is 4. The first-order valence-corrected chi connectivity index (χ1v) is 29.6. The Hall–Kier alpha value is -3.96. The molecular formula is C60H80N2O21. The molecule has 2 aliphatic carbocycles. The highest BCUT2D eigenvalue weighted by atomic mass is 16.8. The van der Waals surface area contributed by atoms with Crippen LogP contribution in [0.4, 0.5) is 0 Å². The second-order valence-electron chi connectivity index (χ2n) is 24.9. The first kappa shape index (κ1) is 59.4. The Kier molecular flexibility index (Phi) is 16.4. The third-order valence-electron chi connectivity index (χ3n) is 19.0. The summed E-state index contributed by atoms with van der Waals surface area (Å²) < 4.78 is 91.0. The Balaban J connectivity index is 0.793. The maximum absolute atomic E-state index is 14.5. The Morgan fingerprint density at radius 2 is 1.05 bits per heavy atom. The number of aliphatic hydroxyl groups is 1. The van der Waals surface area contributed by atoms with E-state index in [0.717, 1.165) is 0 Å². The molecule has 23 heteroatoms. The molecule has 3 N–H and O–H groups in total. The van der Waals surface area contributed by atoms with E-state index in [1.165, 1.54) is 24.3 Å². The van der Waals surface area contributed by atoms with Gasteiger partial charge in [-0.05, 0) is 93.9 Å². The van der Waals surface area contributed by atoms with Crippen LogP contribution in [0, 0.1) is 0 Å². The minimum Gasteiger partial charge on any atom is -0.507 e. The number of rotatable bonds is 11. The number of likely N-dealkylation sites (N-methyl/N-ethyl adjacent to an activating group) is 2. The van der Waals surface area contributed by atoms with Crippen molar-refractivity contribution in [3.05, 3.63) is 57.6 Å². The molecule has 0 saturated carbocycles. The summed E-state index contributed by atoms with van der Waals surface area (Å²) in [6, 6.07) is 5.07. The van der Waals surface area contributed by atoms with Crippen LogP contribution in [-0.4, -0.2) is 217 Å². The van der Waals surface area contributed by atoms with Gasteiger partial charge in [0.05, 0.1) is 59.5 Å². The average molecular weight is 1170 g/mol. The normalized spacial score (nSPS) is 44.3. The van der Waals surface area contributed by atoms with E-state index >= 15 is 0 Å². The highest BCUT2D eigenvalue weighted by Gasteiger charge is 2.56. The van der Waals surface area contributed by atoms with E-state index in [1.54, 1.807) is 20.8 Å². The van der Waals surface area contributed by atoms with Gasteiger partial charge in [-0.25, -0.2) is 0 Å². The predicted octanol–water partition coefficient (Wildman–Crippen LogP) is 4.42. The summed E-state index contributed by atoms with van der Waals surface area (Å²) in [7, 11) is 7.70. The fraction of sp³-hybridized carbons (Fsp3) is 0.733. The summed E-state index contributed by atoms with van der Waals surface area (Å²) in [6.07, 6.45) is -12.7. The van der Waals surface area contributed by atoms with E-state index in [-0.39, 0.29) is 101 Å². The molecule has 25 atom stereocenters. The van der Waals surface area contributed by atoms with Crippen LogP contribution in [0.15, 0.2) is 24.3 Å². The lowest BCUT2D eigenvalue weighted by Crippen LogP contribution is -2.62. The van der Waals surface area contributed by atoms with Crippen molar-refractivity contribution >= 4 is 23.1 Å². The first-order valence-electron chi connectivity index (χ1n) is 29.6. The molecule has 0 radical (unpaired) electrons. The van der Waals surface area contributed by atoms with Gasteiger partial charge in [0, 0.05) is 73.7 Å². The Bertz CT molecular complexity index is 2820. The molecule has 8 heterocycles. The van der Waals surface area contributed by atoms with Crippen LogP contribution in [0.25, 0.3) is 0 Å². The van der Waals surface area contributed by atoms with Crippen LogP contribution < -0.4 is 0 Å². The third kappa shape index (κ3) is 10.8. The molecule has 25 unspecified atom stereocenters. The Labute approximate surface area is 482 Å². The number of nitrogens with zero attached hydrogens (tertiary/aromatic N) is 2. The lowest BCUT2D eigenvalue weighted by atomic mass is 9.71. The zero-order valence-electron chi connectivity index (χ0n) is 48.9. The molecule has 83 heavy (non-hydrogen) atoms. The molecule has 456 valence electrons. The van der Waals surface area contributed by atoms with Crippen LogP contribution >= 0.6 is 0 Å². The number of hydrogen-bond acceptors (Lipinski definition) is 23. The molecule has 23 nitrogen and oxygen atoms in total. The van der Waals surface area contributed by atoms with Gasteiger partial charge in [0.25, 0.3) is 0 Å². The highest BCUT2D eigenvalue weighted by molar-refractivity contribution is 6.30. The Morgan fingerprint density at radius 3 is 1.55 bits per heavy atom. The number of Topliss-reactive ketones (excluding diaryl/α,β-unsaturated/α-hetero) is 2. The quantitative estimate of drug-likeness (QED) is 0.240. The second-order valence-corrected chi connectivity index (χ2v) is 24.9. The molecule has 8 saturated heterocycles. The molecule has 2 aromatic carbocycles. The lowest BCUT2D eigenvalue weighted by Gasteiger charge is -2.51. The van der Waals surface area contributed by atoms with Gasteiger partial charge in [-0.2, -0.15) is 0 Å². The van der Waals surface area contributed by atoms with Crippen molar-refractivity contribution in [2.45, 2.75) is 253 Å². The fourth-order valence-electron chi connectivity index (χ4n) is 14.4. The maximum atomic E-state index is 14.5. The van der Waals surface area contributed by atoms with Crippen molar-refractivity contribution < 1.29 is 101 Å². The number of fused-ring (bicyclic) bond motifs is 7. The zero-order valence-corrected chi connectivity index (χ0v) is 48.9. The minimum absolute atomic E-state index is 0.0461. The van der Waals surface area contributed by atoms with Crippen molar-refractivity contribution in [3.63, 3.8) is 0 Å². The molecule has 10 aliphatic rings. The van der Waals surface area contributed by atoms with E-state index < -0.39 is 158 Å². The highest BCUT2D eigenvalue weighted by Crippen LogP contribution is 2.55. The summed E-state index contributed by atoms with van der Waals surface area (Å²) in [4.78, 5) is 58.2. The molecule has 0 spiro atoms. The van der Waals surface area contributed by atoms with Crippen LogP contribution in [0.1, 0.15) is 155 Å². The topological polar surface area (TPSA) is 265 Å². The van der Waals surface area contributed by atoms with Gasteiger partial charge in [-0.15, -0.1) is 0 Å². The van der Waals surface area contributed by atoms with Gasteiger partial charge < -0.3 is 91.4 Å². The molecule has 0 amide bonds. The number of phenols is 2. The molecular weight excluding hydrogens is 1080 g/mol. The number of benzene rings is 2. The monoisotopic (exact) mass is 1160 g/mol. The third-order valence-corrected chi connectivity index (χ3v) is 19.0. The van der Waals surface area contributed by atoms with Gasteiger partial charge in [0.1, 0.15) is 66.4 Å². The van der Waals surface area contributed by atoms with E-state index in [9.17, 15) is 34.5 Å². The number of ether oxygens (including phenoxy) is 14. The number of ketones is 4. The Morgan fingerprint density at radius 1 is 0.566 bits per heavy atom. The summed E-state index contributed by atoms with van der Waals surface area (Å²) in [6.45, 7) is 12.7. The molecule has 0 bridgehead atoms. The van der Waals surface area contributed by atoms with E-state index in [4.69, 9.17) is 66.3 Å². The van der Waals surface area contributed by atoms with Crippen LogP contribution in [0.2, 0.25) is 0 Å². The van der Waals surface area contributed by atoms with Crippen molar-refractivity contribution in [2.75, 3.05) is 28.2 Å². The van der Waals surface area contributed by atoms with Crippen LogP contribution in [-0.2, 0) is 75.9 Å². The number of carbonyl (C=O) groups excluding carboxylic acids is 4. The molecule has 8 aliphatic heterocycles. The summed E-state index contributed by atoms with van der Waals surface area (Å²) >= 11 is 0. The smallest absolute Gasteiger partial charge is 0.198 e. The lowest BCUT2D eigenvalue weighted by molar-refractivity contribution is -0.372. The number of hydrogen-bond donors (Lipinski definition) is 3. The van der Waals surface area contributed by atoms with Gasteiger partial charge in [0.15, 0.2) is 60.9 Å². The van der Waals surface area contributed by atoms with Gasteiger partial charge in [-0.3, -0.25) is 19.2 Å². The van der Waals surface area contributed by atoms with E-state index in [2.05, 4.69) is 0 Å². The molecule has 2 aromatic rings. The van der Waals surface area contributed by atoms with Gasteiger partial charge >= 0.3 is 0 Å². The summed E-state index contributed by atoms with van der Waals surface area (Å²) in [5.41, 5.74) is -2.14. The maximum Gasteiger partial charge on any atom is 0.198 e. The summed E-state index contributed by atoms with van der Waals surface area (Å²) in [5.74, 6) is -2.40. The molecule has 12 rings (SSSR count). The number of aromatic hydroxyl groups is 2. The standard InChI is InChI=1S/C60H80N2O21/c1-12-60(69)23-42(78-43-17-33(61(8)9)53(26(4)70-43)79-45-21-38-55(28(6)72-45)82-58-40(76-38)19-36(64)24(2)74-58)31-16-32-48(50(66)30-14-13-15-35(63)47(30)51(32)67)52(68)49(31)57(60)81-44-18-34(62(10)11)54(27(5)71-44)80-46-22-39-56(29(7)73-46)83-59-41(77-39)20-37(65)25(3)75-59/h13-16,24-29,33-34,38-46,53-59,63,68-69H,12,17-23H2,1-11H3. The van der Waals surface area contributed by atoms with Crippen molar-refractivity contribution in [1.82, 2.24) is 9.80 Å². The summed E-state index contributed by atoms with van der Waals surface area (Å²) in [5, 5.41) is 36.8. The SMILES string of the molecule is CCC1(O)CC(OC2CC(N(C)C)C(OC3CC4OC5CC(=O)C(C)OC5OC4C(C)O3)C(C)O2)c2cc3c(c(O)c2C1OC1CC(N(C)C)C(OC2CC4OC5CC(=O)C(C)OC5OC4C(C)O2)C(C)O1)C(=O)c1cccc(O)c1C3=O. The van der Waals surface area contributed by atoms with Crippen LogP contribution in [0.5, 0.6) is 11.5 Å². The van der Waals surface area contributed by atoms with Crippen molar-refractivity contribution in [3.8, 4) is 11.5 Å². The molecule has 8 fully saturated rings. The van der Waals surface area contributed by atoms with E-state index in [0.29, 0.717) is 12.8 Å². The van der Waals surface area contributed by atoms with Gasteiger partial charge in [0.2, 0.25) is 0 Å². The van der Waals surface area contributed by atoms with Crippen molar-refractivity contribution in [1.29, 1.82) is 0 Å². The largest absolute Gasteiger partial charge is 0.507 e. The van der Waals surface area contributed by atoms with Crippen LogP contribution in [0.3, 0.4) is 0 Å². The number of phenolic OH excluding ortho intramolecular Hbond substituents is 2. The second kappa shape index (κ2) is 23.0. The molecule has 0 aromatic heterocycles. The minimum atomic E-state index is -1.77. The predicted molar refractivity (Wildman–Crippen MR) is 286 cm³/mol. The first-order chi connectivity index (χ1) is 39.5. The van der Waals surface area contributed by atoms with E-state index in [1.807, 2.05) is 65.7 Å². The zero-order chi connectivity index (χ0) is 58.8. The average Bonchev–Trinajstić information content (AvgIpc) is 1.44. The fourth-order valence-corrected chi connectivity index (χ4v) is 14.4.